The van der Waals surface area contributed by atoms with Crippen LogP contribution in [0, 0.1) is 0 Å². The van der Waals surface area contributed by atoms with Crippen molar-refractivity contribution in [1.29, 1.82) is 0 Å². The number of nitrogens with one attached hydrogen (secondary N) is 1. The highest BCUT2D eigenvalue weighted by atomic mass is 79.9. The first-order chi connectivity index (χ1) is 8.72. The highest BCUT2D eigenvalue weighted by Gasteiger charge is 2.31. The van der Waals surface area contributed by atoms with E-state index in [2.05, 4.69) is 26.2 Å². The number of pyridine rings is 1. The SMILES string of the molecule is Cl.Cl.O=C(c1cncc(Br)c1)N1CCC2CCC(C1)N2. The van der Waals surface area contributed by atoms with Gasteiger partial charge in [-0.25, -0.2) is 0 Å². The summed E-state index contributed by atoms with van der Waals surface area (Å²) in [4.78, 5) is 18.4. The summed E-state index contributed by atoms with van der Waals surface area (Å²) >= 11 is 3.36. The predicted molar refractivity (Wildman–Crippen MR) is 86.9 cm³/mol. The summed E-state index contributed by atoms with van der Waals surface area (Å²) in [6.07, 6.45) is 6.84. The van der Waals surface area contributed by atoms with Crippen LogP contribution in [-0.2, 0) is 0 Å². The van der Waals surface area contributed by atoms with Gasteiger partial charge in [0.05, 0.1) is 5.56 Å². The Balaban J connectivity index is 0.000001000. The third-order valence-electron chi connectivity index (χ3n) is 3.76. The van der Waals surface area contributed by atoms with E-state index in [1.165, 1.54) is 12.8 Å². The highest BCUT2D eigenvalue weighted by molar-refractivity contribution is 9.10. The molecule has 1 amide bonds. The number of halogens is 3. The summed E-state index contributed by atoms with van der Waals surface area (Å²) in [6, 6.07) is 2.92. The van der Waals surface area contributed by atoms with E-state index in [0.29, 0.717) is 17.6 Å². The summed E-state index contributed by atoms with van der Waals surface area (Å²) in [7, 11) is 0. The molecule has 2 unspecified atom stereocenters. The van der Waals surface area contributed by atoms with Crippen LogP contribution >= 0.6 is 40.7 Å². The fourth-order valence-corrected chi connectivity index (χ4v) is 3.20. The van der Waals surface area contributed by atoms with E-state index < -0.39 is 0 Å². The molecule has 2 fully saturated rings. The van der Waals surface area contributed by atoms with Gasteiger partial charge >= 0.3 is 0 Å². The molecular weight excluding hydrogens is 365 g/mol. The second kappa shape index (κ2) is 7.59. The molecule has 4 nitrogen and oxygen atoms in total. The molecule has 0 spiro atoms. The van der Waals surface area contributed by atoms with Crippen LogP contribution in [0.1, 0.15) is 29.6 Å². The number of likely N-dealkylation sites (tertiary alicyclic amines) is 1. The molecule has 3 heterocycles. The molecule has 3 rings (SSSR count). The maximum Gasteiger partial charge on any atom is 0.255 e. The summed E-state index contributed by atoms with van der Waals surface area (Å²) < 4.78 is 0.850. The minimum atomic E-state index is 0. The van der Waals surface area contributed by atoms with Gasteiger partial charge in [-0.05, 0) is 41.3 Å². The number of rotatable bonds is 1. The molecule has 1 N–H and O–H groups in total. The van der Waals surface area contributed by atoms with Crippen LogP contribution in [0.3, 0.4) is 0 Å². The van der Waals surface area contributed by atoms with Crippen molar-refractivity contribution >= 4 is 46.7 Å². The summed E-state index contributed by atoms with van der Waals surface area (Å²) in [5.41, 5.74) is 0.669. The van der Waals surface area contributed by atoms with Gasteiger partial charge in [0.1, 0.15) is 0 Å². The Hall–Kier alpha value is -0.360. The van der Waals surface area contributed by atoms with Gasteiger partial charge in [-0.15, -0.1) is 24.8 Å². The van der Waals surface area contributed by atoms with E-state index in [9.17, 15) is 4.79 Å². The number of hydrogen-bond donors (Lipinski definition) is 1. The molecule has 1 aromatic rings. The van der Waals surface area contributed by atoms with E-state index >= 15 is 0 Å². The van der Waals surface area contributed by atoms with E-state index in [4.69, 9.17) is 0 Å². The van der Waals surface area contributed by atoms with Gasteiger partial charge in [0.2, 0.25) is 0 Å². The number of hydrogen-bond acceptors (Lipinski definition) is 3. The molecule has 0 aromatic carbocycles. The molecule has 1 aromatic heterocycles. The van der Waals surface area contributed by atoms with Gasteiger partial charge in [-0.2, -0.15) is 0 Å². The van der Waals surface area contributed by atoms with E-state index in [0.717, 1.165) is 24.0 Å². The van der Waals surface area contributed by atoms with E-state index in [1.54, 1.807) is 12.4 Å². The number of nitrogens with zero attached hydrogens (tertiary/aromatic N) is 2. The van der Waals surface area contributed by atoms with Crippen LogP contribution in [0.2, 0.25) is 0 Å². The van der Waals surface area contributed by atoms with Crippen LogP contribution in [-0.4, -0.2) is 41.0 Å². The minimum absolute atomic E-state index is 0. The number of carbonyl (C=O) groups excluding carboxylic acids is 1. The van der Waals surface area contributed by atoms with Crippen molar-refractivity contribution in [2.24, 2.45) is 0 Å². The first-order valence-corrected chi connectivity index (χ1v) is 7.17. The van der Waals surface area contributed by atoms with Crippen LogP contribution in [0.25, 0.3) is 0 Å². The number of aromatic nitrogens is 1. The lowest BCUT2D eigenvalue weighted by atomic mass is 10.1. The Morgan fingerprint density at radius 2 is 2.00 bits per heavy atom. The van der Waals surface area contributed by atoms with Crippen LogP contribution in [0.4, 0.5) is 0 Å². The second-order valence-electron chi connectivity index (χ2n) is 5.07. The largest absolute Gasteiger partial charge is 0.337 e. The zero-order valence-electron chi connectivity index (χ0n) is 10.9. The third-order valence-corrected chi connectivity index (χ3v) is 4.20. The zero-order valence-corrected chi connectivity index (χ0v) is 14.1. The molecule has 2 bridgehead atoms. The van der Waals surface area contributed by atoms with Gasteiger partial charge in [-0.3, -0.25) is 9.78 Å². The first kappa shape index (κ1) is 17.7. The smallest absolute Gasteiger partial charge is 0.255 e. The van der Waals surface area contributed by atoms with Crippen LogP contribution in [0.5, 0.6) is 0 Å². The Labute approximate surface area is 139 Å². The average molecular weight is 383 g/mol. The lowest BCUT2D eigenvalue weighted by molar-refractivity contribution is 0.0747. The summed E-state index contributed by atoms with van der Waals surface area (Å²) in [6.45, 7) is 1.67. The molecule has 2 atom stereocenters. The average Bonchev–Trinajstić information content (AvgIpc) is 2.68. The van der Waals surface area contributed by atoms with Gasteiger partial charge in [0.25, 0.3) is 5.91 Å². The summed E-state index contributed by atoms with van der Waals surface area (Å²) in [5.74, 6) is 0.0955. The number of fused-ring (bicyclic) bond motifs is 2. The molecule has 0 radical (unpaired) electrons. The lowest BCUT2D eigenvalue weighted by Gasteiger charge is -2.24. The highest BCUT2D eigenvalue weighted by Crippen LogP contribution is 2.22. The minimum Gasteiger partial charge on any atom is -0.337 e. The quantitative estimate of drug-likeness (QED) is 0.811. The fourth-order valence-electron chi connectivity index (χ4n) is 2.84. The zero-order chi connectivity index (χ0) is 12.5. The van der Waals surface area contributed by atoms with Crippen molar-refractivity contribution in [1.82, 2.24) is 15.2 Å². The first-order valence-electron chi connectivity index (χ1n) is 6.38. The van der Waals surface area contributed by atoms with Crippen molar-refractivity contribution in [2.75, 3.05) is 13.1 Å². The molecule has 2 aliphatic rings. The maximum atomic E-state index is 12.4. The van der Waals surface area contributed by atoms with E-state index in [1.807, 2.05) is 11.0 Å². The summed E-state index contributed by atoms with van der Waals surface area (Å²) in [5, 5.41) is 3.58. The van der Waals surface area contributed by atoms with Gasteiger partial charge in [0.15, 0.2) is 0 Å². The fraction of sp³-hybridized carbons (Fsp3) is 0.538. The Kier molecular flexibility index (Phi) is 6.72. The molecule has 0 aliphatic carbocycles. The van der Waals surface area contributed by atoms with Gasteiger partial charge in [0, 0.05) is 42.0 Å². The molecule has 0 saturated carbocycles. The third kappa shape index (κ3) is 3.85. The van der Waals surface area contributed by atoms with Crippen LogP contribution < -0.4 is 5.32 Å². The molecule has 20 heavy (non-hydrogen) atoms. The Bertz CT molecular complexity index is 475. The van der Waals surface area contributed by atoms with Crippen molar-refractivity contribution in [2.45, 2.75) is 31.3 Å². The van der Waals surface area contributed by atoms with Crippen molar-refractivity contribution in [3.8, 4) is 0 Å². The van der Waals surface area contributed by atoms with E-state index in [-0.39, 0.29) is 30.7 Å². The van der Waals surface area contributed by atoms with Crippen LogP contribution in [0.15, 0.2) is 22.9 Å². The molecule has 2 aliphatic heterocycles. The second-order valence-corrected chi connectivity index (χ2v) is 5.99. The van der Waals surface area contributed by atoms with Crippen molar-refractivity contribution in [3.63, 3.8) is 0 Å². The number of carbonyl (C=O) groups is 1. The Morgan fingerprint density at radius 3 is 2.75 bits per heavy atom. The maximum absolute atomic E-state index is 12.4. The lowest BCUT2D eigenvalue weighted by Crippen LogP contribution is -2.39. The van der Waals surface area contributed by atoms with Crippen molar-refractivity contribution in [3.05, 3.63) is 28.5 Å². The molecular formula is C13H18BrCl2N3O. The molecule has 7 heteroatoms. The van der Waals surface area contributed by atoms with Crippen molar-refractivity contribution < 1.29 is 4.79 Å². The molecule has 112 valence electrons. The Morgan fingerprint density at radius 1 is 1.25 bits per heavy atom. The monoisotopic (exact) mass is 381 g/mol. The normalized spacial score (nSPS) is 24.4. The predicted octanol–water partition coefficient (Wildman–Crippen LogP) is 2.65. The van der Waals surface area contributed by atoms with Gasteiger partial charge in [-0.1, -0.05) is 0 Å². The molecule has 2 saturated heterocycles. The topological polar surface area (TPSA) is 45.2 Å². The van der Waals surface area contributed by atoms with Gasteiger partial charge < -0.3 is 10.2 Å². The standard InChI is InChI=1S/C13H16BrN3O.2ClH/c14-10-5-9(6-15-7-10)13(18)17-4-3-11-1-2-12(8-17)16-11;;/h5-7,11-12,16H,1-4,8H2;2*1H. The number of amides is 1.